The van der Waals surface area contributed by atoms with E-state index in [1.165, 1.54) is 12.1 Å². The maximum atomic E-state index is 11.9. The lowest BCUT2D eigenvalue weighted by atomic mass is 10.3. The molecule has 0 unspecified atom stereocenters. The fourth-order valence-electron chi connectivity index (χ4n) is 1.41. The van der Waals surface area contributed by atoms with Gasteiger partial charge in [-0.05, 0) is 31.2 Å². The van der Waals surface area contributed by atoms with E-state index >= 15 is 0 Å². The van der Waals surface area contributed by atoms with Gasteiger partial charge in [-0.25, -0.2) is 17.9 Å². The molecule has 0 bridgehead atoms. The van der Waals surface area contributed by atoms with Crippen LogP contribution in [0.3, 0.4) is 0 Å². The molecule has 0 radical (unpaired) electrons. The van der Waals surface area contributed by atoms with Crippen molar-refractivity contribution in [3.8, 4) is 0 Å². The van der Waals surface area contributed by atoms with Gasteiger partial charge in [-0.2, -0.15) is 0 Å². The number of hydrogen-bond donors (Lipinski definition) is 4. The predicted octanol–water partition coefficient (Wildman–Crippen LogP) is 0.0650. The van der Waals surface area contributed by atoms with Crippen LogP contribution in [0.2, 0.25) is 0 Å². The first kappa shape index (κ1) is 15.3. The van der Waals surface area contributed by atoms with E-state index in [1.807, 2.05) is 6.92 Å². The average Bonchev–Trinajstić information content (AvgIpc) is 2.36. The van der Waals surface area contributed by atoms with Crippen molar-refractivity contribution in [3.63, 3.8) is 0 Å². The largest absolute Gasteiger partial charge is 0.385 e. The highest BCUT2D eigenvalue weighted by Crippen LogP contribution is 2.13. The standard InChI is InChI=1S/C11H18N4O3S/c1-2-13-9-3-5-10(6-4-9)19(17,18)15-8-7-14-11(12)16/h3-6,13,15H,2,7-8H2,1H3,(H3,12,14,16). The minimum Gasteiger partial charge on any atom is -0.385 e. The van der Waals surface area contributed by atoms with Crippen LogP contribution in [0.1, 0.15) is 6.92 Å². The van der Waals surface area contributed by atoms with E-state index in [9.17, 15) is 13.2 Å². The second kappa shape index (κ2) is 6.95. The number of nitrogens with two attached hydrogens (primary N) is 1. The summed E-state index contributed by atoms with van der Waals surface area (Å²) in [5.41, 5.74) is 5.72. The normalized spacial score (nSPS) is 11.0. The van der Waals surface area contributed by atoms with E-state index in [4.69, 9.17) is 5.73 Å². The van der Waals surface area contributed by atoms with Crippen LogP contribution in [0.4, 0.5) is 10.5 Å². The molecule has 2 amide bonds. The third kappa shape index (κ3) is 5.14. The number of urea groups is 1. The zero-order valence-corrected chi connectivity index (χ0v) is 11.5. The fourth-order valence-corrected chi connectivity index (χ4v) is 2.44. The number of carbonyl (C=O) groups is 1. The van der Waals surface area contributed by atoms with E-state index < -0.39 is 16.1 Å². The van der Waals surface area contributed by atoms with Gasteiger partial charge in [-0.3, -0.25) is 0 Å². The molecule has 19 heavy (non-hydrogen) atoms. The van der Waals surface area contributed by atoms with E-state index in [2.05, 4.69) is 15.4 Å². The first-order chi connectivity index (χ1) is 8.95. The number of carbonyl (C=O) groups excluding carboxylic acids is 1. The average molecular weight is 286 g/mol. The molecular formula is C11H18N4O3S. The number of hydrogen-bond acceptors (Lipinski definition) is 4. The first-order valence-corrected chi connectivity index (χ1v) is 7.31. The van der Waals surface area contributed by atoms with Gasteiger partial charge in [0.25, 0.3) is 0 Å². The van der Waals surface area contributed by atoms with Crippen LogP contribution in [0.5, 0.6) is 0 Å². The van der Waals surface area contributed by atoms with Crippen molar-refractivity contribution < 1.29 is 13.2 Å². The van der Waals surface area contributed by atoms with Crippen molar-refractivity contribution in [1.82, 2.24) is 10.0 Å². The molecule has 1 rings (SSSR count). The van der Waals surface area contributed by atoms with Crippen LogP contribution in [0.15, 0.2) is 29.2 Å². The first-order valence-electron chi connectivity index (χ1n) is 5.82. The van der Waals surface area contributed by atoms with Crippen LogP contribution in [0.25, 0.3) is 0 Å². The third-order valence-electron chi connectivity index (χ3n) is 2.26. The summed E-state index contributed by atoms with van der Waals surface area (Å²) in [7, 11) is -3.56. The van der Waals surface area contributed by atoms with Crippen molar-refractivity contribution in [2.45, 2.75) is 11.8 Å². The van der Waals surface area contributed by atoms with E-state index in [0.29, 0.717) is 0 Å². The molecule has 1 aromatic carbocycles. The predicted molar refractivity (Wildman–Crippen MR) is 73.4 cm³/mol. The zero-order valence-electron chi connectivity index (χ0n) is 10.6. The monoisotopic (exact) mass is 286 g/mol. The van der Waals surface area contributed by atoms with Crippen LogP contribution < -0.4 is 21.1 Å². The zero-order chi connectivity index (χ0) is 14.3. The van der Waals surface area contributed by atoms with Crippen molar-refractivity contribution >= 4 is 21.7 Å². The maximum Gasteiger partial charge on any atom is 0.312 e. The van der Waals surface area contributed by atoms with Crippen molar-refractivity contribution in [1.29, 1.82) is 0 Å². The summed E-state index contributed by atoms with van der Waals surface area (Å²) < 4.78 is 26.1. The Balaban J connectivity index is 2.59. The number of rotatable bonds is 7. The van der Waals surface area contributed by atoms with Gasteiger partial charge >= 0.3 is 6.03 Å². The Morgan fingerprint density at radius 1 is 1.21 bits per heavy atom. The number of amides is 2. The summed E-state index contributed by atoms with van der Waals surface area (Å²) in [6.45, 7) is 2.95. The van der Waals surface area contributed by atoms with Gasteiger partial charge in [0.2, 0.25) is 10.0 Å². The Labute approximate surface area is 112 Å². The summed E-state index contributed by atoms with van der Waals surface area (Å²) in [5.74, 6) is 0. The highest BCUT2D eigenvalue weighted by molar-refractivity contribution is 7.89. The van der Waals surface area contributed by atoms with Crippen molar-refractivity contribution in [3.05, 3.63) is 24.3 Å². The molecule has 106 valence electrons. The minimum absolute atomic E-state index is 0.0836. The van der Waals surface area contributed by atoms with Crippen LogP contribution in [-0.4, -0.2) is 34.1 Å². The van der Waals surface area contributed by atoms with Gasteiger partial charge in [0, 0.05) is 25.3 Å². The summed E-state index contributed by atoms with van der Waals surface area (Å²) in [6, 6.07) is 5.73. The van der Waals surface area contributed by atoms with E-state index in [0.717, 1.165) is 12.2 Å². The lowest BCUT2D eigenvalue weighted by molar-refractivity contribution is 0.249. The quantitative estimate of drug-likeness (QED) is 0.531. The second-order valence-corrected chi connectivity index (χ2v) is 5.51. The molecule has 0 aliphatic carbocycles. The summed E-state index contributed by atoms with van der Waals surface area (Å²) in [4.78, 5) is 10.6. The molecular weight excluding hydrogens is 268 g/mol. The molecule has 0 saturated heterocycles. The van der Waals surface area contributed by atoms with Gasteiger partial charge in [0.1, 0.15) is 0 Å². The van der Waals surface area contributed by atoms with Crippen LogP contribution in [-0.2, 0) is 10.0 Å². The molecule has 5 N–H and O–H groups in total. The Morgan fingerprint density at radius 2 is 1.84 bits per heavy atom. The molecule has 0 saturated carbocycles. The Bertz CT molecular complexity index is 513. The third-order valence-corrected chi connectivity index (χ3v) is 3.74. The number of benzene rings is 1. The molecule has 0 aliphatic heterocycles. The molecule has 1 aromatic rings. The maximum absolute atomic E-state index is 11.9. The van der Waals surface area contributed by atoms with Crippen LogP contribution in [0, 0.1) is 0 Å². The highest BCUT2D eigenvalue weighted by atomic mass is 32.2. The Morgan fingerprint density at radius 3 is 2.37 bits per heavy atom. The Kier molecular flexibility index (Phi) is 5.58. The number of nitrogens with one attached hydrogen (secondary N) is 3. The number of anilines is 1. The lowest BCUT2D eigenvalue weighted by Crippen LogP contribution is -2.37. The van der Waals surface area contributed by atoms with Gasteiger partial charge in [-0.1, -0.05) is 0 Å². The van der Waals surface area contributed by atoms with Gasteiger partial charge in [0.05, 0.1) is 4.90 Å². The molecule has 0 fully saturated rings. The molecule has 0 atom stereocenters. The second-order valence-electron chi connectivity index (χ2n) is 3.74. The summed E-state index contributed by atoms with van der Waals surface area (Å²) in [6.07, 6.45) is 0. The molecule has 0 aliphatic rings. The molecule has 8 heteroatoms. The smallest absolute Gasteiger partial charge is 0.312 e. The van der Waals surface area contributed by atoms with E-state index in [-0.39, 0.29) is 18.0 Å². The van der Waals surface area contributed by atoms with Crippen molar-refractivity contribution in [2.75, 3.05) is 25.0 Å². The SMILES string of the molecule is CCNc1ccc(S(=O)(=O)NCCNC(N)=O)cc1. The molecule has 7 nitrogen and oxygen atoms in total. The highest BCUT2D eigenvalue weighted by Gasteiger charge is 2.12. The minimum atomic E-state index is -3.56. The van der Waals surface area contributed by atoms with Gasteiger partial charge in [0.15, 0.2) is 0 Å². The summed E-state index contributed by atoms with van der Waals surface area (Å²) in [5, 5.41) is 5.37. The molecule has 0 spiro atoms. The van der Waals surface area contributed by atoms with Gasteiger partial charge < -0.3 is 16.4 Å². The number of primary amides is 1. The number of sulfonamides is 1. The fraction of sp³-hybridized carbons (Fsp3) is 0.364. The molecule has 0 heterocycles. The summed E-state index contributed by atoms with van der Waals surface area (Å²) >= 11 is 0. The van der Waals surface area contributed by atoms with E-state index in [1.54, 1.807) is 12.1 Å². The molecule has 0 aromatic heterocycles. The van der Waals surface area contributed by atoms with Crippen molar-refractivity contribution in [2.24, 2.45) is 5.73 Å². The van der Waals surface area contributed by atoms with Gasteiger partial charge in [-0.15, -0.1) is 0 Å². The van der Waals surface area contributed by atoms with Crippen LogP contribution >= 0.6 is 0 Å². The lowest BCUT2D eigenvalue weighted by Gasteiger charge is -2.08. The Hall–Kier alpha value is -1.80. The topological polar surface area (TPSA) is 113 Å².